The minimum atomic E-state index is -0.523. The lowest BCUT2D eigenvalue weighted by atomic mass is 10.1. The molecule has 0 heterocycles. The van der Waals surface area contributed by atoms with Crippen LogP contribution in [-0.4, -0.2) is 30.8 Å². The average Bonchev–Trinajstić information content (AvgIpc) is 2.81. The van der Waals surface area contributed by atoms with E-state index in [0.717, 1.165) is 11.1 Å². The van der Waals surface area contributed by atoms with Gasteiger partial charge in [-0.1, -0.05) is 59.3 Å². The van der Waals surface area contributed by atoms with Gasteiger partial charge in [0.25, 0.3) is 5.91 Å². The number of halogens is 2. The van der Waals surface area contributed by atoms with Crippen molar-refractivity contribution >= 4 is 46.6 Å². The van der Waals surface area contributed by atoms with Gasteiger partial charge in [-0.05, 0) is 48.5 Å². The van der Waals surface area contributed by atoms with E-state index in [4.69, 9.17) is 23.2 Å². The minimum absolute atomic E-state index is 0.176. The van der Waals surface area contributed by atoms with E-state index < -0.39 is 17.7 Å². The zero-order chi connectivity index (χ0) is 23.6. The van der Waals surface area contributed by atoms with Crippen molar-refractivity contribution in [3.8, 4) is 11.8 Å². The van der Waals surface area contributed by atoms with E-state index in [0.29, 0.717) is 10.7 Å². The van der Waals surface area contributed by atoms with Gasteiger partial charge in [-0.3, -0.25) is 14.4 Å². The molecular formula is C25H19Cl2N3O3. The van der Waals surface area contributed by atoms with Crippen molar-refractivity contribution in [1.29, 1.82) is 0 Å². The van der Waals surface area contributed by atoms with Crippen LogP contribution >= 0.6 is 23.2 Å². The third-order valence-corrected chi connectivity index (χ3v) is 4.85. The van der Waals surface area contributed by atoms with Gasteiger partial charge < -0.3 is 16.0 Å². The number of nitrogens with one attached hydrogen (secondary N) is 3. The molecule has 0 atom stereocenters. The van der Waals surface area contributed by atoms with Gasteiger partial charge in [0.1, 0.15) is 0 Å². The number of amides is 3. The monoisotopic (exact) mass is 479 g/mol. The summed E-state index contributed by atoms with van der Waals surface area (Å²) in [5.74, 6) is 4.64. The SMILES string of the molecule is O=C(CNC(=O)c1ccc(Cl)cc1Cl)NCC(=O)Nc1cccc(C#Cc2ccccc2)c1. The Hall–Kier alpha value is -3.79. The number of hydrogen-bond donors (Lipinski definition) is 3. The molecule has 0 radical (unpaired) electrons. The predicted octanol–water partition coefficient (Wildman–Crippen LogP) is 3.88. The van der Waals surface area contributed by atoms with E-state index in [1.807, 2.05) is 36.4 Å². The molecule has 3 rings (SSSR count). The normalized spacial score (nSPS) is 9.88. The summed E-state index contributed by atoms with van der Waals surface area (Å²) in [7, 11) is 0. The Morgan fingerprint density at radius 2 is 1.42 bits per heavy atom. The molecule has 0 unspecified atom stereocenters. The molecule has 0 aliphatic heterocycles. The van der Waals surface area contributed by atoms with Gasteiger partial charge in [0.15, 0.2) is 0 Å². The summed E-state index contributed by atoms with van der Waals surface area (Å²) in [6.07, 6.45) is 0. The molecule has 3 N–H and O–H groups in total. The molecule has 0 saturated heterocycles. The zero-order valence-electron chi connectivity index (χ0n) is 17.3. The second-order valence-electron chi connectivity index (χ2n) is 6.83. The average molecular weight is 480 g/mol. The molecule has 0 saturated carbocycles. The second kappa shape index (κ2) is 11.7. The highest BCUT2D eigenvalue weighted by molar-refractivity contribution is 6.36. The molecule has 0 fully saturated rings. The fourth-order valence-corrected chi connectivity index (χ4v) is 3.21. The Morgan fingerprint density at radius 1 is 0.727 bits per heavy atom. The van der Waals surface area contributed by atoms with Crippen LogP contribution in [0.5, 0.6) is 0 Å². The van der Waals surface area contributed by atoms with Gasteiger partial charge >= 0.3 is 0 Å². The number of carbonyl (C=O) groups excluding carboxylic acids is 3. The van der Waals surface area contributed by atoms with Gasteiger partial charge in [0.05, 0.1) is 23.7 Å². The molecular weight excluding hydrogens is 461 g/mol. The Bertz CT molecular complexity index is 1230. The first-order chi connectivity index (χ1) is 15.9. The lowest BCUT2D eigenvalue weighted by molar-refractivity contribution is -0.123. The first-order valence-electron chi connectivity index (χ1n) is 9.87. The number of rotatable bonds is 6. The summed E-state index contributed by atoms with van der Waals surface area (Å²) in [6, 6.07) is 21.1. The van der Waals surface area contributed by atoms with Crippen molar-refractivity contribution in [2.75, 3.05) is 18.4 Å². The maximum atomic E-state index is 12.2. The lowest BCUT2D eigenvalue weighted by Crippen LogP contribution is -2.40. The van der Waals surface area contributed by atoms with Gasteiger partial charge in [-0.2, -0.15) is 0 Å². The van der Waals surface area contributed by atoms with E-state index in [2.05, 4.69) is 27.8 Å². The molecule has 3 amide bonds. The molecule has 0 aromatic heterocycles. The van der Waals surface area contributed by atoms with Crippen LogP contribution in [0.2, 0.25) is 10.0 Å². The fraction of sp³-hybridized carbons (Fsp3) is 0.0800. The van der Waals surface area contributed by atoms with Crippen LogP contribution in [0.1, 0.15) is 21.5 Å². The van der Waals surface area contributed by atoms with Crippen molar-refractivity contribution in [3.63, 3.8) is 0 Å². The lowest BCUT2D eigenvalue weighted by Gasteiger charge is -2.09. The maximum Gasteiger partial charge on any atom is 0.253 e. The van der Waals surface area contributed by atoms with Crippen molar-refractivity contribution < 1.29 is 14.4 Å². The first-order valence-corrected chi connectivity index (χ1v) is 10.6. The molecule has 0 aliphatic rings. The summed E-state index contributed by atoms with van der Waals surface area (Å²) in [6.45, 7) is -0.564. The molecule has 3 aromatic carbocycles. The summed E-state index contributed by atoms with van der Waals surface area (Å²) in [4.78, 5) is 36.3. The van der Waals surface area contributed by atoms with Crippen molar-refractivity contribution in [3.05, 3.63) is 99.5 Å². The van der Waals surface area contributed by atoms with Crippen LogP contribution in [0.15, 0.2) is 72.8 Å². The topological polar surface area (TPSA) is 87.3 Å². The highest BCUT2D eigenvalue weighted by Gasteiger charge is 2.12. The number of hydrogen-bond acceptors (Lipinski definition) is 3. The highest BCUT2D eigenvalue weighted by atomic mass is 35.5. The molecule has 0 aliphatic carbocycles. The Balaban J connectivity index is 1.46. The molecule has 166 valence electrons. The van der Waals surface area contributed by atoms with Crippen LogP contribution in [0.4, 0.5) is 5.69 Å². The maximum absolute atomic E-state index is 12.2. The van der Waals surface area contributed by atoms with Crippen LogP contribution < -0.4 is 16.0 Å². The largest absolute Gasteiger partial charge is 0.345 e. The van der Waals surface area contributed by atoms with E-state index in [1.165, 1.54) is 18.2 Å². The minimum Gasteiger partial charge on any atom is -0.345 e. The van der Waals surface area contributed by atoms with E-state index in [9.17, 15) is 14.4 Å². The number of carbonyl (C=O) groups is 3. The molecule has 0 spiro atoms. The van der Waals surface area contributed by atoms with Crippen LogP contribution in [0, 0.1) is 11.8 Å². The Kier molecular flexibility index (Phi) is 8.48. The molecule has 8 heteroatoms. The predicted molar refractivity (Wildman–Crippen MR) is 129 cm³/mol. The Morgan fingerprint density at radius 3 is 2.18 bits per heavy atom. The fourth-order valence-electron chi connectivity index (χ4n) is 2.72. The molecule has 0 bridgehead atoms. The molecule has 6 nitrogen and oxygen atoms in total. The summed E-state index contributed by atoms with van der Waals surface area (Å²) >= 11 is 11.8. The number of benzene rings is 3. The third kappa shape index (κ3) is 7.69. The summed E-state index contributed by atoms with van der Waals surface area (Å²) < 4.78 is 0. The van der Waals surface area contributed by atoms with Crippen LogP contribution in [0.3, 0.4) is 0 Å². The first kappa shape index (κ1) is 23.9. The van der Waals surface area contributed by atoms with Crippen LogP contribution in [0.25, 0.3) is 0 Å². The van der Waals surface area contributed by atoms with E-state index in [1.54, 1.807) is 18.2 Å². The van der Waals surface area contributed by atoms with Crippen molar-refractivity contribution in [2.45, 2.75) is 0 Å². The van der Waals surface area contributed by atoms with Gasteiger partial charge in [-0.25, -0.2) is 0 Å². The van der Waals surface area contributed by atoms with Crippen molar-refractivity contribution in [1.82, 2.24) is 10.6 Å². The number of anilines is 1. The van der Waals surface area contributed by atoms with E-state index in [-0.39, 0.29) is 23.7 Å². The van der Waals surface area contributed by atoms with Gasteiger partial charge in [0.2, 0.25) is 11.8 Å². The standard InChI is InChI=1S/C25H19Cl2N3O3/c26-19-11-12-21(22(27)14-19)25(33)29-15-23(31)28-16-24(32)30-20-8-4-7-18(13-20)10-9-17-5-2-1-3-6-17/h1-8,11-14H,15-16H2,(H,28,31)(H,29,33)(H,30,32). The highest BCUT2D eigenvalue weighted by Crippen LogP contribution is 2.20. The van der Waals surface area contributed by atoms with Crippen LogP contribution in [-0.2, 0) is 9.59 Å². The summed E-state index contributed by atoms with van der Waals surface area (Å²) in [5.41, 5.74) is 2.38. The van der Waals surface area contributed by atoms with Gasteiger partial charge in [-0.15, -0.1) is 0 Å². The smallest absolute Gasteiger partial charge is 0.253 e. The molecule has 3 aromatic rings. The summed E-state index contributed by atoms with van der Waals surface area (Å²) in [5, 5.41) is 8.16. The quantitative estimate of drug-likeness (QED) is 0.468. The molecule has 33 heavy (non-hydrogen) atoms. The van der Waals surface area contributed by atoms with Gasteiger partial charge in [0, 0.05) is 21.8 Å². The Labute approximate surface area is 201 Å². The second-order valence-corrected chi connectivity index (χ2v) is 7.67. The zero-order valence-corrected chi connectivity index (χ0v) is 18.8. The van der Waals surface area contributed by atoms with E-state index >= 15 is 0 Å². The van der Waals surface area contributed by atoms with Crippen molar-refractivity contribution in [2.24, 2.45) is 0 Å². The third-order valence-electron chi connectivity index (χ3n) is 4.30.